The lowest BCUT2D eigenvalue weighted by molar-refractivity contribution is 0.309. The quantitative estimate of drug-likeness (QED) is 0.623. The van der Waals surface area contributed by atoms with Crippen LogP contribution in [0.15, 0.2) is 18.2 Å². The predicted molar refractivity (Wildman–Crippen MR) is 72.4 cm³/mol. The van der Waals surface area contributed by atoms with Crippen LogP contribution in [0.5, 0.6) is 5.75 Å². The Labute approximate surface area is 108 Å². The lowest BCUT2D eigenvalue weighted by atomic mass is 10.1. The van der Waals surface area contributed by atoms with Gasteiger partial charge in [0.2, 0.25) is 0 Å². The van der Waals surface area contributed by atoms with Crippen molar-refractivity contribution in [2.24, 2.45) is 5.73 Å². The van der Waals surface area contributed by atoms with Crippen molar-refractivity contribution in [1.29, 1.82) is 0 Å². The van der Waals surface area contributed by atoms with E-state index in [4.69, 9.17) is 28.5 Å². The predicted octanol–water partition coefficient (Wildman–Crippen LogP) is 3.02. The van der Waals surface area contributed by atoms with Gasteiger partial charge in [0.25, 0.3) is 0 Å². The van der Waals surface area contributed by atoms with Crippen LogP contribution in [-0.2, 0) is 6.42 Å². The van der Waals surface area contributed by atoms with Crippen molar-refractivity contribution < 1.29 is 4.74 Å². The number of nitrogens with two attached hydrogens (primary N) is 1. The second kappa shape index (κ2) is 7.21. The average Bonchev–Trinajstić information content (AvgIpc) is 2.26. The van der Waals surface area contributed by atoms with E-state index in [0.717, 1.165) is 30.6 Å². The maximum Gasteiger partial charge on any atom is 0.122 e. The molecular weight excluding hydrogens is 234 g/mol. The van der Waals surface area contributed by atoms with Gasteiger partial charge in [0.05, 0.1) is 6.61 Å². The van der Waals surface area contributed by atoms with Crippen LogP contribution in [0.1, 0.15) is 25.3 Å². The summed E-state index contributed by atoms with van der Waals surface area (Å²) in [4.78, 5) is 0. The van der Waals surface area contributed by atoms with Crippen molar-refractivity contribution >= 4 is 11.6 Å². The fraction of sp³-hybridized carbons (Fsp3) is 0.429. The maximum absolute atomic E-state index is 5.96. The van der Waals surface area contributed by atoms with Gasteiger partial charge in [0.1, 0.15) is 5.75 Å². The molecule has 0 aliphatic heterocycles. The highest BCUT2D eigenvalue weighted by Gasteiger charge is 2.07. The fourth-order valence-electron chi connectivity index (χ4n) is 1.55. The third-order valence-corrected chi connectivity index (χ3v) is 2.52. The number of hydrogen-bond acceptors (Lipinski definition) is 2. The first kappa shape index (κ1) is 13.9. The van der Waals surface area contributed by atoms with Crippen molar-refractivity contribution in [3.63, 3.8) is 0 Å². The number of rotatable bonds is 6. The Kier molecular flexibility index (Phi) is 5.90. The van der Waals surface area contributed by atoms with Crippen LogP contribution >= 0.6 is 11.6 Å². The summed E-state index contributed by atoms with van der Waals surface area (Å²) in [5.74, 6) is 3.44. The lowest BCUT2D eigenvalue weighted by Gasteiger charge is -2.13. The van der Waals surface area contributed by atoms with Crippen molar-refractivity contribution in [2.45, 2.75) is 32.2 Å². The van der Waals surface area contributed by atoms with Gasteiger partial charge in [0, 0.05) is 17.5 Å². The molecule has 0 heterocycles. The molecule has 3 heteroatoms. The molecule has 0 aliphatic rings. The van der Waals surface area contributed by atoms with E-state index in [1.807, 2.05) is 25.1 Å². The SMILES string of the molecule is C#CCCCOc1ccc(Cl)cc1CC(C)N. The van der Waals surface area contributed by atoms with E-state index in [1.54, 1.807) is 0 Å². The molecule has 1 unspecified atom stereocenters. The topological polar surface area (TPSA) is 35.2 Å². The number of ether oxygens (including phenoxy) is 1. The molecule has 0 fully saturated rings. The Balaban J connectivity index is 2.66. The van der Waals surface area contributed by atoms with Gasteiger partial charge in [-0.2, -0.15) is 0 Å². The Bertz CT molecular complexity index is 396. The molecule has 2 N–H and O–H groups in total. The zero-order valence-electron chi connectivity index (χ0n) is 10.1. The number of unbranched alkanes of at least 4 members (excludes halogenated alkanes) is 1. The fourth-order valence-corrected chi connectivity index (χ4v) is 1.75. The third kappa shape index (κ3) is 5.12. The molecule has 0 spiro atoms. The largest absolute Gasteiger partial charge is 0.493 e. The van der Waals surface area contributed by atoms with Crippen molar-refractivity contribution in [3.8, 4) is 18.1 Å². The highest BCUT2D eigenvalue weighted by Crippen LogP contribution is 2.24. The first-order chi connectivity index (χ1) is 8.13. The summed E-state index contributed by atoms with van der Waals surface area (Å²) in [6, 6.07) is 5.70. The molecule has 1 rings (SSSR count). The number of benzene rings is 1. The number of halogens is 1. The summed E-state index contributed by atoms with van der Waals surface area (Å²) in [6.07, 6.45) is 7.53. The van der Waals surface area contributed by atoms with Crippen molar-refractivity contribution in [2.75, 3.05) is 6.61 Å². The minimum absolute atomic E-state index is 0.0847. The molecule has 1 atom stereocenters. The highest BCUT2D eigenvalue weighted by atomic mass is 35.5. The molecule has 0 saturated carbocycles. The molecule has 0 saturated heterocycles. The van der Waals surface area contributed by atoms with E-state index >= 15 is 0 Å². The molecule has 92 valence electrons. The van der Waals surface area contributed by atoms with Gasteiger partial charge < -0.3 is 10.5 Å². The summed E-state index contributed by atoms with van der Waals surface area (Å²) < 4.78 is 5.69. The normalized spacial score (nSPS) is 11.9. The Morgan fingerprint density at radius 1 is 1.53 bits per heavy atom. The number of hydrogen-bond donors (Lipinski definition) is 1. The average molecular weight is 252 g/mol. The van der Waals surface area contributed by atoms with E-state index in [1.165, 1.54) is 0 Å². The second-order valence-corrected chi connectivity index (χ2v) is 4.53. The molecule has 17 heavy (non-hydrogen) atoms. The summed E-state index contributed by atoms with van der Waals surface area (Å²) in [5.41, 5.74) is 6.84. The summed E-state index contributed by atoms with van der Waals surface area (Å²) in [6.45, 7) is 2.58. The van der Waals surface area contributed by atoms with E-state index in [-0.39, 0.29) is 6.04 Å². The number of terminal acetylenes is 1. The molecule has 0 aromatic heterocycles. The molecule has 0 radical (unpaired) electrons. The minimum atomic E-state index is 0.0847. The van der Waals surface area contributed by atoms with Crippen LogP contribution in [0.2, 0.25) is 5.02 Å². The summed E-state index contributed by atoms with van der Waals surface area (Å²) in [7, 11) is 0. The van der Waals surface area contributed by atoms with Gasteiger partial charge in [-0.15, -0.1) is 12.3 Å². The zero-order chi connectivity index (χ0) is 12.7. The van der Waals surface area contributed by atoms with Gasteiger partial charge in [-0.25, -0.2) is 0 Å². The molecule has 0 amide bonds. The molecule has 1 aromatic rings. The smallest absolute Gasteiger partial charge is 0.122 e. The van der Waals surface area contributed by atoms with E-state index in [2.05, 4.69) is 5.92 Å². The van der Waals surface area contributed by atoms with Gasteiger partial charge in [-0.1, -0.05) is 11.6 Å². The van der Waals surface area contributed by atoms with Crippen molar-refractivity contribution in [3.05, 3.63) is 28.8 Å². The highest BCUT2D eigenvalue weighted by molar-refractivity contribution is 6.30. The minimum Gasteiger partial charge on any atom is -0.493 e. The molecule has 0 bridgehead atoms. The lowest BCUT2D eigenvalue weighted by Crippen LogP contribution is -2.18. The van der Waals surface area contributed by atoms with Gasteiger partial charge in [-0.3, -0.25) is 0 Å². The van der Waals surface area contributed by atoms with E-state index in [0.29, 0.717) is 11.6 Å². The van der Waals surface area contributed by atoms with Crippen LogP contribution < -0.4 is 10.5 Å². The standard InChI is InChI=1S/C14H18ClNO/c1-3-4-5-8-17-14-7-6-13(15)10-12(14)9-11(2)16/h1,6-7,10-11H,4-5,8-9,16H2,2H3. The first-order valence-corrected chi connectivity index (χ1v) is 6.11. The maximum atomic E-state index is 5.96. The van der Waals surface area contributed by atoms with Crippen LogP contribution in [0.25, 0.3) is 0 Å². The summed E-state index contributed by atoms with van der Waals surface area (Å²) >= 11 is 5.96. The van der Waals surface area contributed by atoms with Gasteiger partial charge >= 0.3 is 0 Å². The molecule has 1 aromatic carbocycles. The summed E-state index contributed by atoms with van der Waals surface area (Å²) in [5, 5.41) is 0.705. The zero-order valence-corrected chi connectivity index (χ0v) is 10.8. The Morgan fingerprint density at radius 2 is 2.29 bits per heavy atom. The monoisotopic (exact) mass is 251 g/mol. The Hall–Kier alpha value is -1.17. The van der Waals surface area contributed by atoms with Crippen LogP contribution in [0, 0.1) is 12.3 Å². The second-order valence-electron chi connectivity index (χ2n) is 4.09. The third-order valence-electron chi connectivity index (χ3n) is 2.29. The van der Waals surface area contributed by atoms with E-state index < -0.39 is 0 Å². The van der Waals surface area contributed by atoms with Gasteiger partial charge in [-0.05, 0) is 43.5 Å². The molecular formula is C14H18ClNO. The molecule has 0 aliphatic carbocycles. The first-order valence-electron chi connectivity index (χ1n) is 5.73. The molecule has 2 nitrogen and oxygen atoms in total. The van der Waals surface area contributed by atoms with E-state index in [9.17, 15) is 0 Å². The van der Waals surface area contributed by atoms with Crippen LogP contribution in [0.4, 0.5) is 0 Å². The van der Waals surface area contributed by atoms with Gasteiger partial charge in [0.15, 0.2) is 0 Å². The Morgan fingerprint density at radius 3 is 2.94 bits per heavy atom. The van der Waals surface area contributed by atoms with Crippen molar-refractivity contribution in [1.82, 2.24) is 0 Å². The van der Waals surface area contributed by atoms with Crippen LogP contribution in [-0.4, -0.2) is 12.6 Å². The van der Waals surface area contributed by atoms with Crippen LogP contribution in [0.3, 0.4) is 0 Å².